The minimum absolute atomic E-state index is 0.0212. The molecule has 0 radical (unpaired) electrons. The van der Waals surface area contributed by atoms with Gasteiger partial charge in [0.05, 0.1) is 19.2 Å². The number of thiazole rings is 1. The smallest absolute Gasteiger partial charge is 0.233 e. The molecule has 0 aliphatic carbocycles. The van der Waals surface area contributed by atoms with E-state index in [0.29, 0.717) is 11.7 Å². The van der Waals surface area contributed by atoms with Crippen molar-refractivity contribution in [3.8, 4) is 17.0 Å². The van der Waals surface area contributed by atoms with Gasteiger partial charge < -0.3 is 4.74 Å². The minimum Gasteiger partial charge on any atom is -0.497 e. The van der Waals surface area contributed by atoms with Crippen molar-refractivity contribution in [2.45, 2.75) is 6.42 Å². The number of nitrogens with zero attached hydrogens (tertiary/aromatic N) is 2. The van der Waals surface area contributed by atoms with E-state index >= 15 is 0 Å². The first-order valence-corrected chi connectivity index (χ1v) is 9.14. The molecule has 0 aliphatic heterocycles. The maximum absolute atomic E-state index is 12.9. The van der Waals surface area contributed by atoms with Crippen LogP contribution >= 0.6 is 11.3 Å². The van der Waals surface area contributed by atoms with E-state index in [9.17, 15) is 4.79 Å². The number of hydrogen-bond donors (Lipinski definition) is 0. The lowest BCUT2D eigenvalue weighted by Crippen LogP contribution is -2.32. The number of benzene rings is 2. The molecular weight excluding hydrogens is 344 g/mol. The second-order valence-electron chi connectivity index (χ2n) is 5.70. The van der Waals surface area contributed by atoms with E-state index < -0.39 is 0 Å². The first-order chi connectivity index (χ1) is 12.7. The van der Waals surface area contributed by atoms with Crippen molar-refractivity contribution in [3.63, 3.8) is 0 Å². The van der Waals surface area contributed by atoms with Gasteiger partial charge in [-0.2, -0.15) is 0 Å². The van der Waals surface area contributed by atoms with E-state index in [1.54, 1.807) is 18.1 Å². The molecule has 0 N–H and O–H groups in total. The molecule has 0 saturated heterocycles. The Hall–Kier alpha value is -2.92. The van der Waals surface area contributed by atoms with Gasteiger partial charge in [-0.1, -0.05) is 48.5 Å². The summed E-state index contributed by atoms with van der Waals surface area (Å²) >= 11 is 1.46. The standard InChI is InChI=1S/C21H20N2O2S/c1-3-12-23(20(24)14-16-8-7-11-18(13-16)25-2)21-22-19(15-26-21)17-9-5-4-6-10-17/h3-11,13,15H,1,12,14H2,2H3. The van der Waals surface area contributed by atoms with Crippen LogP contribution in [0.25, 0.3) is 11.3 Å². The third kappa shape index (κ3) is 4.18. The molecule has 0 spiro atoms. The van der Waals surface area contributed by atoms with E-state index in [1.165, 1.54) is 11.3 Å². The lowest BCUT2D eigenvalue weighted by Gasteiger charge is -2.18. The van der Waals surface area contributed by atoms with Gasteiger partial charge in [-0.15, -0.1) is 17.9 Å². The second kappa shape index (κ2) is 8.45. The molecule has 2 aromatic carbocycles. The maximum Gasteiger partial charge on any atom is 0.233 e. The summed E-state index contributed by atoms with van der Waals surface area (Å²) < 4.78 is 5.23. The van der Waals surface area contributed by atoms with Crippen LogP contribution in [-0.4, -0.2) is 24.5 Å². The molecule has 1 amide bonds. The average molecular weight is 364 g/mol. The van der Waals surface area contributed by atoms with Crippen LogP contribution in [0.5, 0.6) is 5.75 Å². The molecular formula is C21H20N2O2S. The van der Waals surface area contributed by atoms with E-state index in [4.69, 9.17) is 4.74 Å². The summed E-state index contributed by atoms with van der Waals surface area (Å²) in [6.45, 7) is 4.19. The van der Waals surface area contributed by atoms with Crippen LogP contribution < -0.4 is 9.64 Å². The molecule has 132 valence electrons. The van der Waals surface area contributed by atoms with Crippen LogP contribution in [0.2, 0.25) is 0 Å². The first kappa shape index (κ1) is 17.9. The third-order valence-corrected chi connectivity index (χ3v) is 4.76. The summed E-state index contributed by atoms with van der Waals surface area (Å²) in [6, 6.07) is 17.5. The lowest BCUT2D eigenvalue weighted by molar-refractivity contribution is -0.117. The number of amides is 1. The Kier molecular flexibility index (Phi) is 5.81. The topological polar surface area (TPSA) is 42.4 Å². The molecule has 0 bridgehead atoms. The number of methoxy groups -OCH3 is 1. The Morgan fingerprint density at radius 3 is 2.77 bits per heavy atom. The fourth-order valence-corrected chi connectivity index (χ4v) is 3.46. The Morgan fingerprint density at radius 2 is 2.04 bits per heavy atom. The van der Waals surface area contributed by atoms with Crippen molar-refractivity contribution in [1.82, 2.24) is 4.98 Å². The van der Waals surface area contributed by atoms with Gasteiger partial charge in [0.15, 0.2) is 5.13 Å². The molecule has 3 rings (SSSR count). The van der Waals surface area contributed by atoms with Crippen molar-refractivity contribution in [2.75, 3.05) is 18.6 Å². The zero-order valence-electron chi connectivity index (χ0n) is 14.6. The number of carbonyl (C=O) groups excluding carboxylic acids is 1. The molecule has 5 heteroatoms. The highest BCUT2D eigenvalue weighted by Crippen LogP contribution is 2.28. The summed E-state index contributed by atoms with van der Waals surface area (Å²) in [5.74, 6) is 0.721. The summed E-state index contributed by atoms with van der Waals surface area (Å²) in [5.41, 5.74) is 2.81. The Bertz CT molecular complexity index is 890. The molecule has 0 aliphatic rings. The van der Waals surface area contributed by atoms with E-state index in [-0.39, 0.29) is 12.3 Å². The highest BCUT2D eigenvalue weighted by molar-refractivity contribution is 7.14. The second-order valence-corrected chi connectivity index (χ2v) is 6.54. The molecule has 0 atom stereocenters. The van der Waals surface area contributed by atoms with Gasteiger partial charge in [0.2, 0.25) is 5.91 Å². The van der Waals surface area contributed by atoms with Crippen molar-refractivity contribution >= 4 is 22.4 Å². The SMILES string of the molecule is C=CCN(C(=O)Cc1cccc(OC)c1)c1nc(-c2ccccc2)cs1. The minimum atomic E-state index is -0.0212. The predicted molar refractivity (Wildman–Crippen MR) is 107 cm³/mol. The predicted octanol–water partition coefficient (Wildman–Crippen LogP) is 4.58. The average Bonchev–Trinajstić information content (AvgIpc) is 3.16. The Morgan fingerprint density at radius 1 is 1.23 bits per heavy atom. The molecule has 0 saturated carbocycles. The zero-order chi connectivity index (χ0) is 18.4. The first-order valence-electron chi connectivity index (χ1n) is 8.26. The fourth-order valence-electron chi connectivity index (χ4n) is 2.60. The van der Waals surface area contributed by atoms with E-state index in [1.807, 2.05) is 60.0 Å². The van der Waals surface area contributed by atoms with Gasteiger partial charge in [-0.3, -0.25) is 9.69 Å². The monoisotopic (exact) mass is 364 g/mol. The molecule has 0 fully saturated rings. The Balaban J connectivity index is 1.81. The summed E-state index contributed by atoms with van der Waals surface area (Å²) in [6.07, 6.45) is 2.00. The van der Waals surface area contributed by atoms with Gasteiger partial charge in [-0.05, 0) is 17.7 Å². The van der Waals surface area contributed by atoms with Gasteiger partial charge in [-0.25, -0.2) is 4.98 Å². The highest BCUT2D eigenvalue weighted by Gasteiger charge is 2.19. The summed E-state index contributed by atoms with van der Waals surface area (Å²) in [5, 5.41) is 2.65. The number of carbonyl (C=O) groups is 1. The molecule has 1 heterocycles. The van der Waals surface area contributed by atoms with Crippen LogP contribution in [0.15, 0.2) is 72.6 Å². The van der Waals surface area contributed by atoms with Crippen LogP contribution in [-0.2, 0) is 11.2 Å². The Labute approximate surface area is 157 Å². The summed E-state index contributed by atoms with van der Waals surface area (Å²) in [4.78, 5) is 19.2. The van der Waals surface area contributed by atoms with Crippen molar-refractivity contribution in [3.05, 3.63) is 78.2 Å². The van der Waals surface area contributed by atoms with Gasteiger partial charge in [0.25, 0.3) is 0 Å². The third-order valence-electron chi connectivity index (χ3n) is 3.89. The van der Waals surface area contributed by atoms with Gasteiger partial charge in [0, 0.05) is 17.5 Å². The number of ether oxygens (including phenoxy) is 1. The van der Waals surface area contributed by atoms with E-state index in [2.05, 4.69) is 11.6 Å². The van der Waals surface area contributed by atoms with Crippen molar-refractivity contribution < 1.29 is 9.53 Å². The van der Waals surface area contributed by atoms with Crippen LogP contribution in [0.3, 0.4) is 0 Å². The highest BCUT2D eigenvalue weighted by atomic mass is 32.1. The largest absolute Gasteiger partial charge is 0.497 e. The quantitative estimate of drug-likeness (QED) is 0.576. The van der Waals surface area contributed by atoms with Gasteiger partial charge in [0.1, 0.15) is 5.75 Å². The van der Waals surface area contributed by atoms with E-state index in [0.717, 1.165) is 22.6 Å². The number of hydrogen-bond acceptors (Lipinski definition) is 4. The number of rotatable bonds is 7. The van der Waals surface area contributed by atoms with Crippen molar-refractivity contribution in [1.29, 1.82) is 0 Å². The number of aromatic nitrogens is 1. The maximum atomic E-state index is 12.9. The molecule has 1 aromatic heterocycles. The molecule has 4 nitrogen and oxygen atoms in total. The molecule has 3 aromatic rings. The lowest BCUT2D eigenvalue weighted by atomic mass is 10.1. The molecule has 0 unspecified atom stereocenters. The zero-order valence-corrected chi connectivity index (χ0v) is 15.4. The van der Waals surface area contributed by atoms with Crippen LogP contribution in [0.4, 0.5) is 5.13 Å². The number of anilines is 1. The molecule has 26 heavy (non-hydrogen) atoms. The van der Waals surface area contributed by atoms with Gasteiger partial charge >= 0.3 is 0 Å². The van der Waals surface area contributed by atoms with Crippen LogP contribution in [0.1, 0.15) is 5.56 Å². The summed E-state index contributed by atoms with van der Waals surface area (Å²) in [7, 11) is 1.62. The van der Waals surface area contributed by atoms with Crippen LogP contribution in [0, 0.1) is 0 Å². The van der Waals surface area contributed by atoms with Crippen molar-refractivity contribution in [2.24, 2.45) is 0 Å². The normalized spacial score (nSPS) is 10.3. The fraction of sp³-hybridized carbons (Fsp3) is 0.143.